The van der Waals surface area contributed by atoms with E-state index in [0.29, 0.717) is 11.6 Å². The Morgan fingerprint density at radius 3 is 2.68 bits per heavy atom. The molecule has 0 bridgehead atoms. The van der Waals surface area contributed by atoms with Crippen LogP contribution in [0.5, 0.6) is 0 Å². The average Bonchev–Trinajstić information content (AvgIpc) is 2.56. The van der Waals surface area contributed by atoms with Crippen molar-refractivity contribution in [1.29, 1.82) is 0 Å². The molecule has 6 heteroatoms. The molecule has 2 aliphatic rings. The number of benzene rings is 1. The summed E-state index contributed by atoms with van der Waals surface area (Å²) < 4.78 is 5.39. The lowest BCUT2D eigenvalue weighted by Gasteiger charge is -2.31. The maximum Gasteiger partial charge on any atom is 0.250 e. The van der Waals surface area contributed by atoms with Crippen LogP contribution in [0.4, 0.5) is 11.4 Å². The van der Waals surface area contributed by atoms with Crippen LogP contribution in [0.1, 0.15) is 23.2 Å². The van der Waals surface area contributed by atoms with Gasteiger partial charge in [0.1, 0.15) is 0 Å². The van der Waals surface area contributed by atoms with Crippen LogP contribution in [0, 0.1) is 0 Å². The molecule has 4 N–H and O–H groups in total. The summed E-state index contributed by atoms with van der Waals surface area (Å²) in [5.74, 6) is -0.388. The van der Waals surface area contributed by atoms with Crippen LogP contribution in [0.2, 0.25) is 0 Å². The number of carbonyl (C=O) groups is 1. The Hall–Kier alpha value is -1.79. The molecular formula is C16H24N4O2. The molecule has 120 valence electrons. The molecule has 0 aromatic heterocycles. The minimum atomic E-state index is -0.388. The number of primary amides is 1. The van der Waals surface area contributed by atoms with Crippen molar-refractivity contribution in [3.63, 3.8) is 0 Å². The molecule has 3 rings (SSSR count). The van der Waals surface area contributed by atoms with Crippen LogP contribution >= 0.6 is 0 Å². The zero-order valence-electron chi connectivity index (χ0n) is 12.8. The lowest BCUT2D eigenvalue weighted by molar-refractivity contribution is 0.0904. The SMILES string of the molecule is NC(=O)c1ccc(N2CCNCC2)cc1NC1CCOCC1. The Labute approximate surface area is 131 Å². The first-order valence-electron chi connectivity index (χ1n) is 7.98. The van der Waals surface area contributed by atoms with Gasteiger partial charge in [-0.2, -0.15) is 0 Å². The van der Waals surface area contributed by atoms with Crippen LogP contribution in [0.25, 0.3) is 0 Å². The summed E-state index contributed by atoms with van der Waals surface area (Å²) in [7, 11) is 0. The number of nitrogens with one attached hydrogen (secondary N) is 2. The highest BCUT2D eigenvalue weighted by molar-refractivity contribution is 5.99. The molecule has 1 aromatic carbocycles. The van der Waals surface area contributed by atoms with Gasteiger partial charge in [0.15, 0.2) is 0 Å². The van der Waals surface area contributed by atoms with Crippen molar-refractivity contribution in [1.82, 2.24) is 5.32 Å². The first-order chi connectivity index (χ1) is 10.7. The monoisotopic (exact) mass is 304 g/mol. The summed E-state index contributed by atoms with van der Waals surface area (Å²) in [6, 6.07) is 6.22. The second-order valence-corrected chi connectivity index (χ2v) is 5.86. The number of rotatable bonds is 4. The highest BCUT2D eigenvalue weighted by atomic mass is 16.5. The van der Waals surface area contributed by atoms with Gasteiger partial charge in [0.25, 0.3) is 5.91 Å². The van der Waals surface area contributed by atoms with E-state index >= 15 is 0 Å². The van der Waals surface area contributed by atoms with E-state index in [4.69, 9.17) is 10.5 Å². The second kappa shape index (κ2) is 6.98. The third-order valence-electron chi connectivity index (χ3n) is 4.33. The molecule has 0 atom stereocenters. The van der Waals surface area contributed by atoms with Crippen LogP contribution in [-0.2, 0) is 4.74 Å². The molecule has 6 nitrogen and oxygen atoms in total. The summed E-state index contributed by atoms with van der Waals surface area (Å²) in [5.41, 5.74) is 8.06. The lowest BCUT2D eigenvalue weighted by atomic mass is 10.1. The van der Waals surface area contributed by atoms with Crippen molar-refractivity contribution >= 4 is 17.3 Å². The highest BCUT2D eigenvalue weighted by Crippen LogP contribution is 2.26. The smallest absolute Gasteiger partial charge is 0.250 e. The van der Waals surface area contributed by atoms with Crippen molar-refractivity contribution in [2.45, 2.75) is 18.9 Å². The van der Waals surface area contributed by atoms with Crippen molar-refractivity contribution in [2.75, 3.05) is 49.6 Å². The number of anilines is 2. The standard InChI is InChI=1S/C16H24N4O2/c17-16(21)14-2-1-13(20-7-5-18-6-8-20)11-15(14)19-12-3-9-22-10-4-12/h1-2,11-12,18-19H,3-10H2,(H2,17,21). The van der Waals surface area contributed by atoms with Crippen molar-refractivity contribution < 1.29 is 9.53 Å². The van der Waals surface area contributed by atoms with Gasteiger partial charge in [-0.05, 0) is 31.0 Å². The quantitative estimate of drug-likeness (QED) is 0.766. The van der Waals surface area contributed by atoms with Crippen LogP contribution in [0.15, 0.2) is 18.2 Å². The molecule has 2 heterocycles. The molecular weight excluding hydrogens is 280 g/mol. The van der Waals surface area contributed by atoms with Gasteiger partial charge in [0.2, 0.25) is 0 Å². The number of ether oxygens (including phenoxy) is 1. The summed E-state index contributed by atoms with van der Waals surface area (Å²) in [6.45, 7) is 5.46. The Balaban J connectivity index is 1.81. The van der Waals surface area contributed by atoms with E-state index in [0.717, 1.165) is 63.6 Å². The first kappa shape index (κ1) is 15.1. The van der Waals surface area contributed by atoms with Crippen molar-refractivity contribution in [2.24, 2.45) is 5.73 Å². The summed E-state index contributed by atoms with van der Waals surface area (Å²) in [5, 5.41) is 6.84. The second-order valence-electron chi connectivity index (χ2n) is 5.86. The number of hydrogen-bond donors (Lipinski definition) is 3. The topological polar surface area (TPSA) is 79.6 Å². The summed E-state index contributed by atoms with van der Waals surface area (Å²) in [6.07, 6.45) is 1.91. The third-order valence-corrected chi connectivity index (χ3v) is 4.33. The molecule has 2 fully saturated rings. The number of nitrogens with two attached hydrogens (primary N) is 1. The number of amides is 1. The maximum atomic E-state index is 11.7. The third kappa shape index (κ3) is 3.51. The molecule has 0 radical (unpaired) electrons. The molecule has 22 heavy (non-hydrogen) atoms. The average molecular weight is 304 g/mol. The number of nitrogens with zero attached hydrogens (tertiary/aromatic N) is 1. The Morgan fingerprint density at radius 2 is 2.00 bits per heavy atom. The van der Waals surface area contributed by atoms with Crippen LogP contribution in [0.3, 0.4) is 0 Å². The zero-order chi connectivity index (χ0) is 15.4. The number of hydrogen-bond acceptors (Lipinski definition) is 5. The Bertz CT molecular complexity index is 523. The molecule has 1 aromatic rings. The molecule has 2 aliphatic heterocycles. The first-order valence-corrected chi connectivity index (χ1v) is 7.98. The zero-order valence-corrected chi connectivity index (χ0v) is 12.8. The van der Waals surface area contributed by atoms with Gasteiger partial charge in [-0.15, -0.1) is 0 Å². The minimum Gasteiger partial charge on any atom is -0.381 e. The van der Waals surface area contributed by atoms with Gasteiger partial charge in [-0.3, -0.25) is 4.79 Å². The van der Waals surface area contributed by atoms with Gasteiger partial charge in [0, 0.05) is 56.8 Å². The fourth-order valence-electron chi connectivity index (χ4n) is 3.05. The number of piperazine rings is 1. The predicted octanol–water partition coefficient (Wildman–Crippen LogP) is 0.786. The van der Waals surface area contributed by atoms with Crippen molar-refractivity contribution in [3.05, 3.63) is 23.8 Å². The fraction of sp³-hybridized carbons (Fsp3) is 0.562. The van der Waals surface area contributed by atoms with E-state index in [1.54, 1.807) is 0 Å². The largest absolute Gasteiger partial charge is 0.381 e. The van der Waals surface area contributed by atoms with E-state index in [-0.39, 0.29) is 5.91 Å². The van der Waals surface area contributed by atoms with Crippen molar-refractivity contribution in [3.8, 4) is 0 Å². The van der Waals surface area contributed by atoms with E-state index in [1.165, 1.54) is 0 Å². The van der Waals surface area contributed by atoms with Crippen LogP contribution in [-0.4, -0.2) is 51.3 Å². The van der Waals surface area contributed by atoms with E-state index in [2.05, 4.69) is 21.6 Å². The Morgan fingerprint density at radius 1 is 1.27 bits per heavy atom. The maximum absolute atomic E-state index is 11.7. The van der Waals surface area contributed by atoms with Gasteiger partial charge < -0.3 is 26.0 Å². The van der Waals surface area contributed by atoms with Gasteiger partial charge in [-0.25, -0.2) is 0 Å². The van der Waals surface area contributed by atoms with Gasteiger partial charge in [-0.1, -0.05) is 0 Å². The van der Waals surface area contributed by atoms with Crippen LogP contribution < -0.4 is 21.3 Å². The Kier molecular flexibility index (Phi) is 4.80. The van der Waals surface area contributed by atoms with E-state index < -0.39 is 0 Å². The normalized spacial score (nSPS) is 19.9. The summed E-state index contributed by atoms with van der Waals surface area (Å²) >= 11 is 0. The molecule has 0 spiro atoms. The predicted molar refractivity (Wildman–Crippen MR) is 87.5 cm³/mol. The lowest BCUT2D eigenvalue weighted by Crippen LogP contribution is -2.43. The summed E-state index contributed by atoms with van der Waals surface area (Å²) in [4.78, 5) is 14.0. The fourth-order valence-corrected chi connectivity index (χ4v) is 3.05. The van der Waals surface area contributed by atoms with Gasteiger partial charge >= 0.3 is 0 Å². The molecule has 1 amide bonds. The molecule has 0 unspecified atom stereocenters. The molecule has 0 aliphatic carbocycles. The highest BCUT2D eigenvalue weighted by Gasteiger charge is 2.18. The van der Waals surface area contributed by atoms with E-state index in [9.17, 15) is 4.79 Å². The minimum absolute atomic E-state index is 0.338. The van der Waals surface area contributed by atoms with Gasteiger partial charge in [0.05, 0.1) is 5.56 Å². The van der Waals surface area contributed by atoms with E-state index in [1.807, 2.05) is 12.1 Å². The number of carbonyl (C=O) groups excluding carboxylic acids is 1. The molecule has 2 saturated heterocycles. The molecule has 0 saturated carbocycles.